The zero-order valence-corrected chi connectivity index (χ0v) is 58.9. The first-order valence-corrected chi connectivity index (χ1v) is 34.3. The van der Waals surface area contributed by atoms with Gasteiger partial charge in [-0.15, -0.1) is 0 Å². The topological polar surface area (TPSA) is 334 Å². The van der Waals surface area contributed by atoms with Gasteiger partial charge in [0.1, 0.15) is 34.1 Å². The number of aromatic carboxylic acids is 1. The van der Waals surface area contributed by atoms with Gasteiger partial charge in [0.25, 0.3) is 17.7 Å². The molecular formula is C83H78N16O7. The van der Waals surface area contributed by atoms with Gasteiger partial charge in [-0.2, -0.15) is 20.4 Å². The molecule has 13 aromatic rings. The van der Waals surface area contributed by atoms with E-state index in [4.69, 9.17) is 15.6 Å². The maximum absolute atomic E-state index is 12.4. The second-order valence-corrected chi connectivity index (χ2v) is 25.0. The Balaban J connectivity index is 0.000000153. The van der Waals surface area contributed by atoms with Crippen LogP contribution in [0, 0.1) is 47.4 Å². The van der Waals surface area contributed by atoms with Crippen molar-refractivity contribution >= 4 is 73.4 Å². The smallest absolute Gasteiger partial charge is 0.407 e. The zero-order chi connectivity index (χ0) is 74.5. The quantitative estimate of drug-likeness (QED) is 0.0299. The van der Waals surface area contributed by atoms with Gasteiger partial charge in [0.15, 0.2) is 0 Å². The number of H-pyrrole nitrogens is 4. The van der Waals surface area contributed by atoms with Gasteiger partial charge in [0.05, 0.1) is 52.4 Å². The number of unbranched alkanes of at least 4 members (excludes halogenated alkanes) is 4. The molecule has 6 heterocycles. The highest BCUT2D eigenvalue weighted by Crippen LogP contribution is 2.20. The van der Waals surface area contributed by atoms with Crippen molar-refractivity contribution < 1.29 is 33.8 Å². The van der Waals surface area contributed by atoms with Gasteiger partial charge in [-0.05, 0) is 229 Å². The van der Waals surface area contributed by atoms with Crippen molar-refractivity contribution in [3.05, 3.63) is 274 Å². The van der Waals surface area contributed by atoms with Crippen molar-refractivity contribution in [2.24, 2.45) is 12.8 Å². The molecule has 0 radical (unpaired) electrons. The number of fused-ring (bicyclic) bond motifs is 4. The summed E-state index contributed by atoms with van der Waals surface area (Å²) in [5.74, 6) is 23.3. The molecule has 0 spiro atoms. The summed E-state index contributed by atoms with van der Waals surface area (Å²) in [5.41, 5.74) is 17.4. The lowest BCUT2D eigenvalue weighted by Gasteiger charge is -2.19. The van der Waals surface area contributed by atoms with Gasteiger partial charge in [-0.3, -0.25) is 39.8 Å². The fourth-order valence-corrected chi connectivity index (χ4v) is 10.3. The molecular weight excluding hydrogens is 1330 g/mol. The number of alkyl carbamates (subject to hydrolysis) is 1. The first-order chi connectivity index (χ1) is 51.5. The van der Waals surface area contributed by atoms with Gasteiger partial charge in [0.2, 0.25) is 0 Å². The summed E-state index contributed by atoms with van der Waals surface area (Å²) in [5, 5.41) is 52.7. The molecule has 532 valence electrons. The summed E-state index contributed by atoms with van der Waals surface area (Å²) in [6.07, 6.45) is 10.2. The monoisotopic (exact) mass is 1410 g/mol. The molecule has 0 bridgehead atoms. The number of aryl methyl sites for hydroxylation is 1. The minimum atomic E-state index is -0.941. The molecule has 13 rings (SSSR count). The van der Waals surface area contributed by atoms with Crippen LogP contribution < -0.4 is 27.0 Å². The van der Waals surface area contributed by atoms with Crippen LogP contribution >= 0.6 is 0 Å². The average molecular weight is 1410 g/mol. The minimum absolute atomic E-state index is 0.0585. The number of pyridine rings is 1. The summed E-state index contributed by atoms with van der Waals surface area (Å²) in [4.78, 5) is 67.3. The molecule has 0 aliphatic heterocycles. The van der Waals surface area contributed by atoms with Crippen molar-refractivity contribution in [1.82, 2.24) is 76.6 Å². The van der Waals surface area contributed by atoms with E-state index in [1.807, 2.05) is 154 Å². The van der Waals surface area contributed by atoms with E-state index in [2.05, 4.69) is 119 Å². The number of benzene rings is 7. The number of aromatic amines is 4. The van der Waals surface area contributed by atoms with Gasteiger partial charge in [-0.1, -0.05) is 66.6 Å². The molecule has 0 aliphatic rings. The number of amides is 4. The highest BCUT2D eigenvalue weighted by molar-refractivity contribution is 5.99. The molecule has 106 heavy (non-hydrogen) atoms. The Morgan fingerprint density at radius 1 is 0.462 bits per heavy atom. The van der Waals surface area contributed by atoms with Crippen LogP contribution in [0.4, 0.5) is 4.79 Å². The second kappa shape index (κ2) is 37.7. The van der Waals surface area contributed by atoms with Gasteiger partial charge < -0.3 is 41.4 Å². The van der Waals surface area contributed by atoms with Crippen LogP contribution in [0.3, 0.4) is 0 Å². The van der Waals surface area contributed by atoms with Crippen LogP contribution in [0.15, 0.2) is 201 Å². The number of carboxylic acids is 1. The fourth-order valence-electron chi connectivity index (χ4n) is 10.3. The Hall–Kier alpha value is -13.9. The van der Waals surface area contributed by atoms with Crippen LogP contribution in [-0.4, -0.2) is 122 Å². The Morgan fingerprint density at radius 3 is 1.32 bits per heavy atom. The van der Waals surface area contributed by atoms with Crippen LogP contribution in [0.1, 0.15) is 152 Å². The molecule has 23 heteroatoms. The second-order valence-electron chi connectivity index (χ2n) is 25.0. The van der Waals surface area contributed by atoms with Crippen molar-refractivity contribution in [1.29, 1.82) is 0 Å². The predicted molar refractivity (Wildman–Crippen MR) is 409 cm³/mol. The molecule has 0 saturated carbocycles. The highest BCUT2D eigenvalue weighted by Gasteiger charge is 2.16. The lowest BCUT2D eigenvalue weighted by atomic mass is 10.1. The predicted octanol–water partition coefficient (Wildman–Crippen LogP) is 11.9. The minimum Gasteiger partial charge on any atom is -0.478 e. The maximum atomic E-state index is 12.4. The first-order valence-electron chi connectivity index (χ1n) is 34.3. The molecule has 0 aliphatic carbocycles. The summed E-state index contributed by atoms with van der Waals surface area (Å²) in [7, 11) is 1.89. The SMILES string of the molecule is CC(C)(C)OC(=O)NCCCCCNC(=O)c1ccc(C#Cc2[nH]nc3ccccc23)cc1.Cn1cncc1C#Cc1[nH]nc2cc(C(=O)NCc3ccccn3)ccc12.NCCCCCNC(=O)c1ccc(C#Cc2[nH]nc3ccccc23)cc1.O=C(O)c1ccc(C#Cc2[nH]nc3ccccc23)cc1. The number of carbonyl (C=O) groups is 5. The summed E-state index contributed by atoms with van der Waals surface area (Å²) in [6.45, 7) is 8.38. The normalized spacial score (nSPS) is 10.5. The van der Waals surface area contributed by atoms with Gasteiger partial charge >= 0.3 is 12.1 Å². The number of imidazole rings is 1. The summed E-state index contributed by atoms with van der Waals surface area (Å²) < 4.78 is 7.03. The Morgan fingerprint density at radius 2 is 0.877 bits per heavy atom. The van der Waals surface area contributed by atoms with Crippen LogP contribution in [-0.2, 0) is 18.3 Å². The maximum Gasteiger partial charge on any atom is 0.407 e. The molecule has 7 aromatic carbocycles. The number of nitrogens with two attached hydrogens (primary N) is 1. The number of aromatic nitrogens is 11. The number of ether oxygens (including phenoxy) is 1. The van der Waals surface area contributed by atoms with Crippen molar-refractivity contribution in [3.8, 4) is 47.4 Å². The molecule has 0 unspecified atom stereocenters. The zero-order valence-electron chi connectivity index (χ0n) is 58.9. The number of rotatable bonds is 17. The van der Waals surface area contributed by atoms with Crippen molar-refractivity contribution in [3.63, 3.8) is 0 Å². The van der Waals surface area contributed by atoms with E-state index in [1.54, 1.807) is 67.3 Å². The van der Waals surface area contributed by atoms with E-state index in [1.165, 1.54) is 12.1 Å². The van der Waals surface area contributed by atoms with Crippen molar-refractivity contribution in [2.45, 2.75) is 71.4 Å². The molecule has 0 fully saturated rings. The van der Waals surface area contributed by atoms with E-state index in [0.717, 1.165) is 122 Å². The standard InChI is InChI=1S/C26H30N4O3.C21H22N4O.C20H16N6O.C16H10N2O2/c1-26(2,3)33-25(32)28-18-8-4-7-17-27-24(31)20-14-11-19(12-15-20)13-16-23-21-9-5-6-10-22(21)29-30-23;22-14-4-1-5-15-23-21(26)17-11-8-16(9-12-17)10-13-20-18-6-2-3-7-19(18)24-25-20;1-26-13-21-12-16(26)6-8-18-17-7-5-14(10-19(17)25-24-18)20(27)23-11-15-4-2-3-9-22-15;19-16(20)12-8-5-11(6-9-12)7-10-15-13-3-1-2-4-14(13)17-18-15/h5-6,9-12,14-15H,4,7-8,17-18H2,1-3H3,(H,27,31)(H,28,32)(H,29,30);2-3,6-9,11-12H,1,4-5,14-15,22H2,(H,23,26)(H,24,25);2-5,7,9-10,12-13H,11H2,1H3,(H,23,27)(H,24,25);1-6,8-9H,(H,17,18)(H,19,20). The van der Waals surface area contributed by atoms with Crippen LogP contribution in [0.5, 0.6) is 0 Å². The first kappa shape index (κ1) is 74.8. The number of carboxylic acid groups (broad SMARTS) is 1. The number of nitrogens with one attached hydrogen (secondary N) is 8. The number of para-hydroxylation sites is 3. The molecule has 0 saturated heterocycles. The lowest BCUT2D eigenvalue weighted by molar-refractivity contribution is 0.0525. The van der Waals surface area contributed by atoms with E-state index in [0.29, 0.717) is 60.6 Å². The van der Waals surface area contributed by atoms with E-state index < -0.39 is 17.7 Å². The fraction of sp³-hybridized carbons (Fsp3) is 0.193. The molecule has 11 N–H and O–H groups in total. The van der Waals surface area contributed by atoms with Crippen LogP contribution in [0.2, 0.25) is 0 Å². The molecule has 0 atom stereocenters. The van der Waals surface area contributed by atoms with Crippen molar-refractivity contribution in [2.75, 3.05) is 26.2 Å². The third-order valence-electron chi connectivity index (χ3n) is 15.9. The number of hydrogen-bond acceptors (Lipinski definition) is 13. The van der Waals surface area contributed by atoms with Gasteiger partial charge in [-0.25, -0.2) is 14.6 Å². The number of nitrogens with zero attached hydrogens (tertiary/aromatic N) is 7. The van der Waals surface area contributed by atoms with Gasteiger partial charge in [0, 0.05) is 87.8 Å². The number of carbonyl (C=O) groups excluding carboxylic acids is 4. The third-order valence-corrected chi connectivity index (χ3v) is 15.9. The van der Waals surface area contributed by atoms with E-state index in [9.17, 15) is 24.0 Å². The molecule has 6 aromatic heterocycles. The van der Waals surface area contributed by atoms with Crippen LogP contribution in [0.25, 0.3) is 43.6 Å². The Bertz CT molecular complexity index is 5430. The lowest BCUT2D eigenvalue weighted by Crippen LogP contribution is -2.33. The Labute approximate surface area is 612 Å². The number of hydrogen-bond donors (Lipinski definition) is 10. The molecule has 4 amide bonds. The Kier molecular flexibility index (Phi) is 26.6. The van der Waals surface area contributed by atoms with E-state index in [-0.39, 0.29) is 23.3 Å². The summed E-state index contributed by atoms with van der Waals surface area (Å²) in [6, 6.07) is 55.3. The largest absolute Gasteiger partial charge is 0.478 e. The van der Waals surface area contributed by atoms with E-state index >= 15 is 0 Å². The summed E-state index contributed by atoms with van der Waals surface area (Å²) >= 11 is 0. The average Bonchev–Trinajstić information content (AvgIpc) is 1.71. The molecule has 23 nitrogen and oxygen atoms in total. The third kappa shape index (κ3) is 22.3. The highest BCUT2D eigenvalue weighted by atomic mass is 16.6.